The van der Waals surface area contributed by atoms with Crippen LogP contribution in [0.15, 0.2) is 28.8 Å². The lowest BCUT2D eigenvalue weighted by atomic mass is 10.0. The molecule has 0 unspecified atom stereocenters. The van der Waals surface area contributed by atoms with E-state index in [9.17, 15) is 9.90 Å². The number of aromatic nitrogens is 3. The van der Waals surface area contributed by atoms with Gasteiger partial charge in [0.1, 0.15) is 15.5 Å². The van der Waals surface area contributed by atoms with Gasteiger partial charge < -0.3 is 20.1 Å². The number of fused-ring (bicyclic) bond motifs is 1. The third kappa shape index (κ3) is 2.90. The molecule has 0 amide bonds. The molecule has 3 aromatic heterocycles. The smallest absolute Gasteiger partial charge is 0.312 e. The predicted octanol–water partition coefficient (Wildman–Crippen LogP) is 2.38. The highest BCUT2D eigenvalue weighted by molar-refractivity contribution is 7.21. The number of nitrogens with zero attached hydrogens (tertiary/aromatic N) is 3. The zero-order chi connectivity index (χ0) is 20.9. The molecule has 0 aliphatic carbocycles. The molecule has 0 fully saturated rings. The standard InChI is InChI=1S/C20H18N4O4S/c1-9-10(2)14-15(21)18(29-19(14)22-11(9)3)17(25)16-20(26)28-23-24(16)12-5-7-13(27-4)8-6-12/h5-8H,1-4H3,(H2-,21,23,25,26). The van der Waals surface area contributed by atoms with Gasteiger partial charge in [0.25, 0.3) is 5.78 Å². The lowest BCUT2D eigenvalue weighted by Gasteiger charge is -2.05. The first-order valence-electron chi connectivity index (χ1n) is 8.77. The number of carbonyl (C=O) groups is 1. The van der Waals surface area contributed by atoms with Crippen molar-refractivity contribution in [2.45, 2.75) is 20.8 Å². The molecule has 1 aromatic carbocycles. The van der Waals surface area contributed by atoms with Crippen LogP contribution in [0.3, 0.4) is 0 Å². The zero-order valence-electron chi connectivity index (χ0n) is 16.3. The van der Waals surface area contributed by atoms with Crippen molar-refractivity contribution in [3.05, 3.63) is 51.7 Å². The fourth-order valence-corrected chi connectivity index (χ4v) is 4.32. The normalized spacial score (nSPS) is 11.2. The van der Waals surface area contributed by atoms with E-state index in [2.05, 4.69) is 10.3 Å². The van der Waals surface area contributed by atoms with E-state index in [1.807, 2.05) is 20.8 Å². The van der Waals surface area contributed by atoms with E-state index in [1.54, 1.807) is 31.4 Å². The third-order valence-corrected chi connectivity index (χ3v) is 6.12. The van der Waals surface area contributed by atoms with E-state index in [4.69, 9.17) is 15.0 Å². The van der Waals surface area contributed by atoms with Crippen LogP contribution in [0.2, 0.25) is 0 Å². The second-order valence-corrected chi connectivity index (χ2v) is 7.62. The molecule has 0 radical (unpaired) electrons. The molecule has 0 atom stereocenters. The molecular formula is C20H18N4O4S. The zero-order valence-corrected chi connectivity index (χ0v) is 17.1. The van der Waals surface area contributed by atoms with Crippen LogP contribution in [0.4, 0.5) is 5.69 Å². The lowest BCUT2D eigenvalue weighted by Crippen LogP contribution is -2.39. The van der Waals surface area contributed by atoms with Gasteiger partial charge in [0, 0.05) is 23.2 Å². The molecule has 4 aromatic rings. The molecule has 29 heavy (non-hydrogen) atoms. The average molecular weight is 410 g/mol. The van der Waals surface area contributed by atoms with E-state index >= 15 is 0 Å². The summed E-state index contributed by atoms with van der Waals surface area (Å²) in [7, 11) is 1.55. The number of pyridine rings is 1. The molecule has 8 nitrogen and oxygen atoms in total. The molecule has 9 heteroatoms. The Hall–Kier alpha value is -3.46. The highest BCUT2D eigenvalue weighted by atomic mass is 32.1. The maximum Gasteiger partial charge on any atom is 0.312 e. The molecule has 0 bridgehead atoms. The molecule has 4 rings (SSSR count). The number of ketones is 1. The number of hydrogen-bond acceptors (Lipinski definition) is 8. The number of nitrogens with two attached hydrogens (primary N) is 1. The molecule has 3 heterocycles. The summed E-state index contributed by atoms with van der Waals surface area (Å²) in [5.41, 5.74) is 9.75. The van der Waals surface area contributed by atoms with Crippen molar-refractivity contribution >= 4 is 33.0 Å². The topological polar surface area (TPSA) is 118 Å². The van der Waals surface area contributed by atoms with Crippen molar-refractivity contribution in [2.75, 3.05) is 12.8 Å². The maximum absolute atomic E-state index is 13.3. The van der Waals surface area contributed by atoms with Gasteiger partial charge >= 0.3 is 5.69 Å². The minimum atomic E-state index is -0.834. The molecular weight excluding hydrogens is 392 g/mol. The van der Waals surface area contributed by atoms with Gasteiger partial charge in [-0.15, -0.1) is 11.3 Å². The van der Waals surface area contributed by atoms with Crippen LogP contribution in [0, 0.1) is 20.8 Å². The number of methoxy groups -OCH3 is 1. The molecule has 0 saturated carbocycles. The highest BCUT2D eigenvalue weighted by Crippen LogP contribution is 2.38. The minimum Gasteiger partial charge on any atom is -0.539 e. The molecule has 0 spiro atoms. The fourth-order valence-electron chi connectivity index (χ4n) is 3.18. The number of ether oxygens (including phenoxy) is 1. The Morgan fingerprint density at radius 3 is 2.55 bits per heavy atom. The second kappa shape index (κ2) is 6.85. The molecule has 2 N–H and O–H groups in total. The predicted molar refractivity (Wildman–Crippen MR) is 106 cm³/mol. The van der Waals surface area contributed by atoms with Crippen LogP contribution in [0.25, 0.3) is 15.9 Å². The van der Waals surface area contributed by atoms with E-state index in [1.165, 1.54) is 4.68 Å². The van der Waals surface area contributed by atoms with Gasteiger partial charge in [0.05, 0.1) is 18.1 Å². The Morgan fingerprint density at radius 1 is 1.21 bits per heavy atom. The summed E-state index contributed by atoms with van der Waals surface area (Å²) in [4.78, 5) is 18.7. The summed E-state index contributed by atoms with van der Waals surface area (Å²) in [6.07, 6.45) is 0. The summed E-state index contributed by atoms with van der Waals surface area (Å²) in [6, 6.07) is 6.74. The van der Waals surface area contributed by atoms with E-state index < -0.39 is 11.7 Å². The van der Waals surface area contributed by atoms with Crippen molar-refractivity contribution in [1.82, 2.24) is 10.3 Å². The number of thiophene rings is 1. The van der Waals surface area contributed by atoms with Crippen molar-refractivity contribution in [2.24, 2.45) is 0 Å². The summed E-state index contributed by atoms with van der Waals surface area (Å²) in [6.45, 7) is 5.81. The Labute approximate surface area is 170 Å². The van der Waals surface area contributed by atoms with Gasteiger partial charge in [-0.3, -0.25) is 4.79 Å². The first kappa shape index (κ1) is 18.9. The number of nitrogen functional groups attached to an aromatic ring is 1. The summed E-state index contributed by atoms with van der Waals surface area (Å²) >= 11 is 1.16. The van der Waals surface area contributed by atoms with Gasteiger partial charge in [-0.05, 0) is 48.7 Å². The first-order valence-corrected chi connectivity index (χ1v) is 9.59. The monoisotopic (exact) mass is 410 g/mol. The van der Waals surface area contributed by atoms with Crippen LogP contribution < -0.4 is 20.3 Å². The molecule has 0 aliphatic rings. The number of benzene rings is 1. The molecule has 0 saturated heterocycles. The van der Waals surface area contributed by atoms with Crippen LogP contribution in [0.5, 0.6) is 11.7 Å². The van der Waals surface area contributed by atoms with Gasteiger partial charge in [0.15, 0.2) is 5.95 Å². The van der Waals surface area contributed by atoms with Crippen molar-refractivity contribution in [3.8, 4) is 17.4 Å². The lowest BCUT2D eigenvalue weighted by molar-refractivity contribution is -0.672. The summed E-state index contributed by atoms with van der Waals surface area (Å²) in [5, 5.41) is 16.8. The van der Waals surface area contributed by atoms with Gasteiger partial charge in [-0.2, -0.15) is 0 Å². The highest BCUT2D eigenvalue weighted by Gasteiger charge is 2.32. The number of carbonyl (C=O) groups excluding carboxylic acids is 1. The average Bonchev–Trinajstić information content (AvgIpc) is 3.26. The maximum atomic E-state index is 13.3. The summed E-state index contributed by atoms with van der Waals surface area (Å²) in [5.74, 6) is -0.754. The Bertz CT molecular complexity index is 1260. The van der Waals surface area contributed by atoms with E-state index in [-0.39, 0.29) is 10.6 Å². The van der Waals surface area contributed by atoms with Crippen LogP contribution in [-0.2, 0) is 0 Å². The Morgan fingerprint density at radius 2 is 1.90 bits per heavy atom. The third-order valence-electron chi connectivity index (χ3n) is 5.02. The molecule has 148 valence electrons. The van der Waals surface area contributed by atoms with Crippen LogP contribution in [-0.4, -0.2) is 23.1 Å². The van der Waals surface area contributed by atoms with Crippen molar-refractivity contribution in [1.29, 1.82) is 0 Å². The number of aryl methyl sites for hydroxylation is 2. The van der Waals surface area contributed by atoms with Crippen LogP contribution in [0.1, 0.15) is 32.2 Å². The fraction of sp³-hybridized carbons (Fsp3) is 0.200. The van der Waals surface area contributed by atoms with Gasteiger partial charge in [0.2, 0.25) is 5.69 Å². The van der Waals surface area contributed by atoms with Crippen molar-refractivity contribution in [3.63, 3.8) is 0 Å². The number of rotatable bonds is 4. The Balaban J connectivity index is 1.87. The number of hydrogen-bond donors (Lipinski definition) is 1. The van der Waals surface area contributed by atoms with Gasteiger partial charge in [-0.1, -0.05) is 0 Å². The van der Waals surface area contributed by atoms with E-state index in [0.717, 1.165) is 33.5 Å². The Kier molecular flexibility index (Phi) is 4.46. The molecule has 0 aliphatic heterocycles. The second-order valence-electron chi connectivity index (χ2n) is 6.62. The number of anilines is 1. The first-order chi connectivity index (χ1) is 13.8. The van der Waals surface area contributed by atoms with E-state index in [0.29, 0.717) is 22.0 Å². The SMILES string of the molecule is COc1ccc(-[n+]2noc([O-])c2C(=O)c2sc3nc(C)c(C)c(C)c3c2N)cc1. The largest absolute Gasteiger partial charge is 0.539 e. The van der Waals surface area contributed by atoms with Crippen molar-refractivity contribution < 1.29 is 23.8 Å². The quantitative estimate of drug-likeness (QED) is 0.405. The van der Waals surface area contributed by atoms with Crippen LogP contribution >= 0.6 is 11.3 Å². The minimum absolute atomic E-state index is 0.223. The van der Waals surface area contributed by atoms with Gasteiger partial charge in [-0.25, -0.2) is 4.98 Å². The summed E-state index contributed by atoms with van der Waals surface area (Å²) < 4.78 is 11.1.